The number of unbranched alkanes of at least 4 members (excludes halogenated alkanes) is 8. The Morgan fingerprint density at radius 1 is 0.700 bits per heavy atom. The summed E-state index contributed by atoms with van der Waals surface area (Å²) >= 11 is 0. The van der Waals surface area contributed by atoms with Crippen molar-refractivity contribution in [3.63, 3.8) is 0 Å². The Morgan fingerprint density at radius 3 is 1.83 bits per heavy atom. The topological polar surface area (TPSA) is 56.4 Å². The van der Waals surface area contributed by atoms with E-state index < -0.39 is 0 Å². The van der Waals surface area contributed by atoms with Crippen molar-refractivity contribution >= 4 is 5.69 Å². The van der Waals surface area contributed by atoms with Crippen LogP contribution in [0.25, 0.3) is 11.1 Å². The van der Waals surface area contributed by atoms with Gasteiger partial charge in [-0.25, -0.2) is 0 Å². The van der Waals surface area contributed by atoms with Crippen LogP contribution in [0.4, 0.5) is 5.69 Å². The molecule has 0 aliphatic heterocycles. The van der Waals surface area contributed by atoms with Gasteiger partial charge < -0.3 is 9.47 Å². The smallest absolute Gasteiger partial charge is 0.175 e. The molecule has 2 aromatic rings. The van der Waals surface area contributed by atoms with E-state index in [9.17, 15) is 0 Å². The highest BCUT2D eigenvalue weighted by Gasteiger charge is 2.15. The molecule has 2 N–H and O–H groups in total. The highest BCUT2D eigenvalue weighted by atomic mass is 16.5. The van der Waals surface area contributed by atoms with Crippen molar-refractivity contribution < 1.29 is 15.0 Å². The third-order valence-corrected chi connectivity index (χ3v) is 5.30. The summed E-state index contributed by atoms with van der Waals surface area (Å²) in [5, 5.41) is 3.96. The molecule has 4 heteroatoms. The second-order valence-corrected chi connectivity index (χ2v) is 7.84. The van der Waals surface area contributed by atoms with Crippen molar-refractivity contribution in [2.75, 3.05) is 13.2 Å². The Bertz CT molecular complexity index is 731. The monoisotopic (exact) mass is 411 g/mol. The van der Waals surface area contributed by atoms with Crippen molar-refractivity contribution in [3.05, 3.63) is 42.5 Å². The Morgan fingerprint density at radius 2 is 1.27 bits per heavy atom. The Labute approximate surface area is 182 Å². The van der Waals surface area contributed by atoms with E-state index in [2.05, 4.69) is 31.1 Å². The molecule has 0 heterocycles. The SMILES string of the molecule is CCCCCCCOc1cc(-c2ccccc2)c(OCCCCCCC)cc1N=[NH2+]. The van der Waals surface area contributed by atoms with Gasteiger partial charge in [-0.05, 0) is 29.6 Å². The third kappa shape index (κ3) is 8.17. The Kier molecular flexibility index (Phi) is 11.6. The molecule has 0 radical (unpaired) electrons. The summed E-state index contributed by atoms with van der Waals surface area (Å²) in [7, 11) is 0. The van der Waals surface area contributed by atoms with E-state index in [-0.39, 0.29) is 0 Å². The van der Waals surface area contributed by atoms with Gasteiger partial charge in [0, 0.05) is 11.6 Å². The summed E-state index contributed by atoms with van der Waals surface area (Å²) in [6.45, 7) is 5.84. The first-order chi connectivity index (χ1) is 14.8. The fourth-order valence-corrected chi connectivity index (χ4v) is 3.50. The molecule has 0 saturated heterocycles. The quantitative estimate of drug-likeness (QED) is 0.241. The summed E-state index contributed by atoms with van der Waals surface area (Å²) in [5.41, 5.74) is 8.45. The zero-order valence-corrected chi connectivity index (χ0v) is 18.9. The normalized spacial score (nSPS) is 10.7. The fraction of sp³-hybridized carbons (Fsp3) is 0.538. The van der Waals surface area contributed by atoms with E-state index in [0.717, 1.165) is 35.5 Å². The van der Waals surface area contributed by atoms with Crippen molar-refractivity contribution in [1.82, 2.24) is 0 Å². The Hall–Kier alpha value is -2.36. The summed E-state index contributed by atoms with van der Waals surface area (Å²) in [4.78, 5) is 0. The van der Waals surface area contributed by atoms with Gasteiger partial charge in [0.2, 0.25) is 0 Å². The molecule has 0 aliphatic carbocycles. The number of ether oxygens (including phenoxy) is 2. The lowest BCUT2D eigenvalue weighted by Crippen LogP contribution is -2.22. The van der Waals surface area contributed by atoms with E-state index >= 15 is 0 Å². The van der Waals surface area contributed by atoms with Gasteiger partial charge in [-0.3, -0.25) is 0 Å². The van der Waals surface area contributed by atoms with Crippen LogP contribution < -0.4 is 15.0 Å². The first-order valence-electron chi connectivity index (χ1n) is 11.7. The average Bonchev–Trinajstić information content (AvgIpc) is 2.79. The molecule has 0 saturated carbocycles. The molecule has 0 bridgehead atoms. The molecule has 0 amide bonds. The lowest BCUT2D eigenvalue weighted by molar-refractivity contribution is -0.210. The minimum absolute atomic E-state index is 0.643. The molecule has 0 aromatic heterocycles. The average molecular weight is 412 g/mol. The van der Waals surface area contributed by atoms with Gasteiger partial charge in [-0.1, -0.05) is 95.5 Å². The van der Waals surface area contributed by atoms with Gasteiger partial charge in [0.1, 0.15) is 5.75 Å². The highest BCUT2D eigenvalue weighted by molar-refractivity contribution is 5.76. The van der Waals surface area contributed by atoms with E-state index in [0.29, 0.717) is 18.9 Å². The molecule has 30 heavy (non-hydrogen) atoms. The van der Waals surface area contributed by atoms with Crippen LogP contribution in [-0.4, -0.2) is 13.2 Å². The van der Waals surface area contributed by atoms with Crippen molar-refractivity contribution in [3.8, 4) is 22.6 Å². The minimum atomic E-state index is 0.643. The van der Waals surface area contributed by atoms with Crippen LogP contribution in [0.15, 0.2) is 47.6 Å². The molecule has 2 aromatic carbocycles. The molecule has 2 rings (SSSR count). The number of hydrogen-bond donors (Lipinski definition) is 1. The highest BCUT2D eigenvalue weighted by Crippen LogP contribution is 2.40. The predicted octanol–water partition coefficient (Wildman–Crippen LogP) is 6.89. The summed E-state index contributed by atoms with van der Waals surface area (Å²) < 4.78 is 12.2. The van der Waals surface area contributed by atoms with Crippen molar-refractivity contribution in [1.29, 1.82) is 0 Å². The lowest BCUT2D eigenvalue weighted by Gasteiger charge is -2.15. The number of nitrogens with two attached hydrogens (primary N) is 1. The van der Waals surface area contributed by atoms with Crippen LogP contribution in [0, 0.1) is 0 Å². The van der Waals surface area contributed by atoms with Crippen molar-refractivity contribution in [2.45, 2.75) is 78.1 Å². The number of rotatable bonds is 16. The molecule has 0 fully saturated rings. The third-order valence-electron chi connectivity index (χ3n) is 5.30. The van der Waals surface area contributed by atoms with Crippen LogP contribution in [0.5, 0.6) is 11.5 Å². The first-order valence-corrected chi connectivity index (χ1v) is 11.7. The maximum atomic E-state index is 6.17. The largest absolute Gasteiger partial charge is 0.493 e. The molecule has 0 aliphatic rings. The first kappa shape index (κ1) is 23.9. The van der Waals surface area contributed by atoms with Crippen molar-refractivity contribution in [2.24, 2.45) is 5.11 Å². The van der Waals surface area contributed by atoms with Crippen LogP contribution in [-0.2, 0) is 0 Å². The van der Waals surface area contributed by atoms with E-state index in [1.807, 2.05) is 30.3 Å². The summed E-state index contributed by atoms with van der Waals surface area (Å²) in [6, 6.07) is 14.2. The number of nitrogens with zero attached hydrogens (tertiary/aromatic N) is 1. The van der Waals surface area contributed by atoms with Crippen LogP contribution >= 0.6 is 0 Å². The maximum absolute atomic E-state index is 6.17. The zero-order valence-electron chi connectivity index (χ0n) is 18.9. The molecular weight excluding hydrogens is 372 g/mol. The maximum Gasteiger partial charge on any atom is 0.175 e. The zero-order chi connectivity index (χ0) is 21.4. The van der Waals surface area contributed by atoms with Gasteiger partial charge in [-0.15, -0.1) is 0 Å². The minimum Gasteiger partial charge on any atom is -0.493 e. The van der Waals surface area contributed by atoms with Crippen LogP contribution in [0.2, 0.25) is 0 Å². The second-order valence-electron chi connectivity index (χ2n) is 7.84. The summed E-state index contributed by atoms with van der Waals surface area (Å²) in [6.07, 6.45) is 12.1. The summed E-state index contributed by atoms with van der Waals surface area (Å²) in [5.74, 6) is 1.54. The van der Waals surface area contributed by atoms with Gasteiger partial charge in [0.15, 0.2) is 11.4 Å². The molecule has 0 unspecified atom stereocenters. The number of hydrogen-bond acceptors (Lipinski definition) is 3. The van der Waals surface area contributed by atoms with E-state index in [4.69, 9.17) is 15.0 Å². The number of benzene rings is 2. The van der Waals surface area contributed by atoms with Crippen LogP contribution in [0.3, 0.4) is 0 Å². The van der Waals surface area contributed by atoms with E-state index in [1.165, 1.54) is 51.4 Å². The Balaban J connectivity index is 2.10. The predicted molar refractivity (Wildman–Crippen MR) is 124 cm³/mol. The standard InChI is InChI=1S/C26H38N2O2/c1-3-5-7-9-14-18-29-25-21-24(28-27)26(30-19-15-10-8-6-4-2)20-23(25)22-16-12-11-13-17-22/h11-13,16-17,20-21,27H,3-10,14-15,18-19H2,1-2H3/p+1. The van der Waals surface area contributed by atoms with Gasteiger partial charge in [-0.2, -0.15) is 5.53 Å². The fourth-order valence-electron chi connectivity index (χ4n) is 3.50. The molecule has 4 nitrogen and oxygen atoms in total. The molecular formula is C26H39N2O2+. The second kappa shape index (κ2) is 14.6. The van der Waals surface area contributed by atoms with E-state index in [1.54, 1.807) is 0 Å². The molecule has 0 spiro atoms. The lowest BCUT2D eigenvalue weighted by atomic mass is 10.0. The molecule has 0 atom stereocenters. The van der Waals surface area contributed by atoms with Gasteiger partial charge >= 0.3 is 0 Å². The van der Waals surface area contributed by atoms with Gasteiger partial charge in [0.25, 0.3) is 0 Å². The van der Waals surface area contributed by atoms with Crippen LogP contribution in [0.1, 0.15) is 78.1 Å². The molecule has 164 valence electrons. The van der Waals surface area contributed by atoms with Gasteiger partial charge in [0.05, 0.1) is 13.2 Å².